The summed E-state index contributed by atoms with van der Waals surface area (Å²) in [4.78, 5) is 26.8. The number of nitrogens with one attached hydrogen (secondary N) is 2. The van der Waals surface area contributed by atoms with Crippen molar-refractivity contribution in [1.29, 1.82) is 0 Å². The average Bonchev–Trinajstić information content (AvgIpc) is 2.78. The van der Waals surface area contributed by atoms with Crippen molar-refractivity contribution in [3.63, 3.8) is 0 Å². The minimum absolute atomic E-state index is 0.0526. The predicted molar refractivity (Wildman–Crippen MR) is 114 cm³/mol. The number of fused-ring (bicyclic) bond motifs is 2. The molecule has 4 atom stereocenters. The lowest BCUT2D eigenvalue weighted by Gasteiger charge is -2.55. The smallest absolute Gasteiger partial charge is 0.237 e. The Bertz CT molecular complexity index is 1040. The normalized spacial score (nSPS) is 28.3. The summed E-state index contributed by atoms with van der Waals surface area (Å²) in [6.07, 6.45) is 3.71. The van der Waals surface area contributed by atoms with Crippen molar-refractivity contribution >= 4 is 17.5 Å². The number of amides is 2. The molecule has 7 heteroatoms. The number of piperidine rings is 1. The van der Waals surface area contributed by atoms with E-state index in [1.54, 1.807) is 25.3 Å². The molecule has 1 saturated carbocycles. The number of carbonyl (C=O) groups excluding carboxylic acids is 2. The van der Waals surface area contributed by atoms with Crippen LogP contribution in [0.3, 0.4) is 0 Å². The fourth-order valence-electron chi connectivity index (χ4n) is 5.47. The van der Waals surface area contributed by atoms with Gasteiger partial charge in [0.1, 0.15) is 23.2 Å². The minimum atomic E-state index is -0.864. The van der Waals surface area contributed by atoms with Crippen molar-refractivity contribution in [2.45, 2.75) is 37.3 Å². The predicted octanol–water partition coefficient (Wildman–Crippen LogP) is 3.45. The standard InChI is InChI=1S/C24H26N2O5/c1-29-14-10-11-19(30-2)17(13-14)25-22(27)21-20-15-7-3-4-9-18(15)31-24(26-23(21)28)12-6-5-8-16(20)24/h3-4,7,9-11,13,16,20-21H,5-6,8,12H2,1-2H3,(H,25,27)(H,26,28)/t16-,20-,21+,24-/m1/s1. The Balaban J connectivity index is 1.54. The van der Waals surface area contributed by atoms with Gasteiger partial charge in [0.05, 0.1) is 19.9 Å². The quantitative estimate of drug-likeness (QED) is 0.737. The van der Waals surface area contributed by atoms with Crippen molar-refractivity contribution in [2.75, 3.05) is 19.5 Å². The molecule has 31 heavy (non-hydrogen) atoms. The van der Waals surface area contributed by atoms with Crippen LogP contribution in [0.5, 0.6) is 17.2 Å². The van der Waals surface area contributed by atoms with Crippen LogP contribution in [0.4, 0.5) is 5.69 Å². The highest BCUT2D eigenvalue weighted by Gasteiger charge is 2.60. The van der Waals surface area contributed by atoms with Gasteiger partial charge in [-0.25, -0.2) is 0 Å². The summed E-state index contributed by atoms with van der Waals surface area (Å²) in [5, 5.41) is 6.01. The van der Waals surface area contributed by atoms with Crippen LogP contribution in [-0.2, 0) is 9.59 Å². The van der Waals surface area contributed by atoms with Gasteiger partial charge in [0.25, 0.3) is 0 Å². The van der Waals surface area contributed by atoms with E-state index in [1.807, 2.05) is 24.3 Å². The lowest BCUT2D eigenvalue weighted by molar-refractivity contribution is -0.160. The van der Waals surface area contributed by atoms with Crippen LogP contribution in [0.15, 0.2) is 42.5 Å². The number of benzene rings is 2. The molecular formula is C24H26N2O5. The Morgan fingerprint density at radius 2 is 2.00 bits per heavy atom. The summed E-state index contributed by atoms with van der Waals surface area (Å²) in [7, 11) is 3.10. The molecule has 3 aliphatic rings. The van der Waals surface area contributed by atoms with Crippen molar-refractivity contribution < 1.29 is 23.8 Å². The van der Waals surface area contributed by atoms with Gasteiger partial charge in [-0.1, -0.05) is 24.6 Å². The number of hydrogen-bond donors (Lipinski definition) is 2. The summed E-state index contributed by atoms with van der Waals surface area (Å²) in [6, 6.07) is 12.9. The summed E-state index contributed by atoms with van der Waals surface area (Å²) >= 11 is 0. The molecule has 2 N–H and O–H groups in total. The first-order valence-electron chi connectivity index (χ1n) is 10.7. The molecule has 2 fully saturated rings. The summed E-state index contributed by atoms with van der Waals surface area (Å²) < 4.78 is 17.1. The number of para-hydroxylation sites is 1. The number of hydrogen-bond acceptors (Lipinski definition) is 5. The third-order valence-electron chi connectivity index (χ3n) is 6.84. The van der Waals surface area contributed by atoms with E-state index in [2.05, 4.69) is 10.6 Å². The molecule has 2 aromatic carbocycles. The van der Waals surface area contributed by atoms with Crippen LogP contribution in [0.2, 0.25) is 0 Å². The molecule has 2 aliphatic heterocycles. The van der Waals surface area contributed by atoms with E-state index < -0.39 is 11.6 Å². The number of carbonyl (C=O) groups is 2. The zero-order valence-corrected chi connectivity index (χ0v) is 17.6. The lowest BCUT2D eigenvalue weighted by atomic mass is 9.62. The van der Waals surface area contributed by atoms with Crippen LogP contribution in [-0.4, -0.2) is 31.8 Å². The maximum Gasteiger partial charge on any atom is 0.237 e. The first-order chi connectivity index (χ1) is 15.1. The molecule has 2 amide bonds. The maximum atomic E-state index is 13.5. The third kappa shape index (κ3) is 3.10. The van der Waals surface area contributed by atoms with E-state index in [1.165, 1.54) is 7.11 Å². The summed E-state index contributed by atoms with van der Waals surface area (Å²) in [5.74, 6) is 0.144. The maximum absolute atomic E-state index is 13.5. The second kappa shape index (κ2) is 7.48. The van der Waals surface area contributed by atoms with Gasteiger partial charge in [-0.3, -0.25) is 9.59 Å². The SMILES string of the molecule is COc1ccc(OC)c(NC(=O)[C@H]2C(=O)N[C@@]34CCCC[C@@H]3[C@H]2c2ccccc2O4)c1. The highest BCUT2D eigenvalue weighted by molar-refractivity contribution is 6.08. The Labute approximate surface area is 181 Å². The van der Waals surface area contributed by atoms with Crippen LogP contribution in [0.25, 0.3) is 0 Å². The summed E-state index contributed by atoms with van der Waals surface area (Å²) in [6.45, 7) is 0. The Morgan fingerprint density at radius 1 is 1.16 bits per heavy atom. The van der Waals surface area contributed by atoms with Gasteiger partial charge < -0.3 is 24.8 Å². The van der Waals surface area contributed by atoms with Gasteiger partial charge in [-0.2, -0.15) is 0 Å². The fourth-order valence-corrected chi connectivity index (χ4v) is 5.47. The molecule has 0 radical (unpaired) electrons. The van der Waals surface area contributed by atoms with Crippen molar-refractivity contribution in [1.82, 2.24) is 5.32 Å². The van der Waals surface area contributed by atoms with Gasteiger partial charge in [0.2, 0.25) is 11.8 Å². The van der Waals surface area contributed by atoms with Crippen LogP contribution < -0.4 is 24.8 Å². The second-order valence-corrected chi connectivity index (χ2v) is 8.43. The van der Waals surface area contributed by atoms with Crippen molar-refractivity contribution in [2.24, 2.45) is 11.8 Å². The Kier molecular flexibility index (Phi) is 4.76. The van der Waals surface area contributed by atoms with E-state index in [-0.39, 0.29) is 23.7 Å². The Morgan fingerprint density at radius 3 is 2.81 bits per heavy atom. The largest absolute Gasteiger partial charge is 0.497 e. The highest BCUT2D eigenvalue weighted by atomic mass is 16.5. The number of methoxy groups -OCH3 is 2. The average molecular weight is 422 g/mol. The molecule has 0 spiro atoms. The molecule has 1 saturated heterocycles. The first-order valence-corrected chi connectivity index (χ1v) is 10.7. The van der Waals surface area contributed by atoms with Gasteiger partial charge in [0, 0.05) is 24.3 Å². The van der Waals surface area contributed by atoms with Gasteiger partial charge in [-0.05, 0) is 36.6 Å². The second-order valence-electron chi connectivity index (χ2n) is 8.43. The zero-order chi connectivity index (χ0) is 21.6. The zero-order valence-electron chi connectivity index (χ0n) is 17.6. The molecule has 2 bridgehead atoms. The van der Waals surface area contributed by atoms with Gasteiger partial charge in [0.15, 0.2) is 5.72 Å². The molecule has 7 nitrogen and oxygen atoms in total. The topological polar surface area (TPSA) is 85.9 Å². The van der Waals surface area contributed by atoms with E-state index in [0.717, 1.165) is 37.0 Å². The number of anilines is 1. The molecule has 0 unspecified atom stereocenters. The molecule has 2 heterocycles. The highest BCUT2D eigenvalue weighted by Crippen LogP contribution is 2.55. The van der Waals surface area contributed by atoms with E-state index in [4.69, 9.17) is 14.2 Å². The molecule has 5 rings (SSSR count). The lowest BCUT2D eigenvalue weighted by Crippen LogP contribution is -2.69. The summed E-state index contributed by atoms with van der Waals surface area (Å²) in [5.41, 5.74) is 0.678. The van der Waals surface area contributed by atoms with E-state index >= 15 is 0 Å². The van der Waals surface area contributed by atoms with Crippen LogP contribution >= 0.6 is 0 Å². The molecular weight excluding hydrogens is 396 g/mol. The minimum Gasteiger partial charge on any atom is -0.497 e. The first kappa shape index (κ1) is 19.7. The van der Waals surface area contributed by atoms with Crippen molar-refractivity contribution in [3.8, 4) is 17.2 Å². The fraction of sp³-hybridized carbons (Fsp3) is 0.417. The van der Waals surface area contributed by atoms with Crippen LogP contribution in [0.1, 0.15) is 37.2 Å². The molecule has 162 valence electrons. The van der Waals surface area contributed by atoms with E-state index in [0.29, 0.717) is 17.2 Å². The van der Waals surface area contributed by atoms with Gasteiger partial charge >= 0.3 is 0 Å². The van der Waals surface area contributed by atoms with Gasteiger partial charge in [-0.15, -0.1) is 0 Å². The molecule has 0 aromatic heterocycles. The molecule has 1 aliphatic carbocycles. The number of rotatable bonds is 4. The van der Waals surface area contributed by atoms with E-state index in [9.17, 15) is 9.59 Å². The monoisotopic (exact) mass is 422 g/mol. The molecule has 2 aromatic rings. The van der Waals surface area contributed by atoms with Crippen LogP contribution in [0, 0.1) is 11.8 Å². The third-order valence-corrected chi connectivity index (χ3v) is 6.84. The van der Waals surface area contributed by atoms with Crippen molar-refractivity contribution in [3.05, 3.63) is 48.0 Å². The Hall–Kier alpha value is -3.22. The number of ether oxygens (including phenoxy) is 3.